The molecule has 1 aliphatic rings. The number of piperazine rings is 1. The SMILES string of the molecule is CC(=O)c1ccc(N2CCN(C(=O)CSc3cccc(Br)c3)CC2)c(F)c1. The molecule has 7 heteroatoms. The van der Waals surface area contributed by atoms with Crippen molar-refractivity contribution in [1.29, 1.82) is 0 Å². The molecule has 0 spiro atoms. The van der Waals surface area contributed by atoms with Crippen LogP contribution < -0.4 is 4.90 Å². The van der Waals surface area contributed by atoms with E-state index < -0.39 is 5.82 Å². The first-order valence-electron chi connectivity index (χ1n) is 8.65. The second-order valence-corrected chi connectivity index (χ2v) is 8.30. The van der Waals surface area contributed by atoms with Crippen molar-refractivity contribution >= 4 is 45.1 Å². The third-order valence-electron chi connectivity index (χ3n) is 4.49. The van der Waals surface area contributed by atoms with E-state index in [0.29, 0.717) is 43.2 Å². The van der Waals surface area contributed by atoms with E-state index in [-0.39, 0.29) is 11.7 Å². The molecule has 2 aromatic rings. The van der Waals surface area contributed by atoms with Crippen LogP contribution in [0.5, 0.6) is 0 Å². The predicted octanol–water partition coefficient (Wildman–Crippen LogP) is 4.23. The molecule has 0 saturated carbocycles. The summed E-state index contributed by atoms with van der Waals surface area (Å²) < 4.78 is 15.3. The second kappa shape index (κ2) is 8.89. The van der Waals surface area contributed by atoms with E-state index >= 15 is 0 Å². The topological polar surface area (TPSA) is 40.6 Å². The zero-order chi connectivity index (χ0) is 19.4. The van der Waals surface area contributed by atoms with Gasteiger partial charge in [-0.15, -0.1) is 11.8 Å². The predicted molar refractivity (Wildman–Crippen MR) is 110 cm³/mol. The summed E-state index contributed by atoms with van der Waals surface area (Å²) in [6.07, 6.45) is 0. The van der Waals surface area contributed by atoms with Gasteiger partial charge >= 0.3 is 0 Å². The summed E-state index contributed by atoms with van der Waals surface area (Å²) >= 11 is 4.94. The van der Waals surface area contributed by atoms with E-state index in [1.165, 1.54) is 24.8 Å². The molecule has 27 heavy (non-hydrogen) atoms. The Morgan fingerprint density at radius 3 is 2.48 bits per heavy atom. The lowest BCUT2D eigenvalue weighted by molar-refractivity contribution is -0.128. The monoisotopic (exact) mass is 450 g/mol. The molecule has 0 atom stereocenters. The molecule has 0 unspecified atom stereocenters. The number of carbonyl (C=O) groups excluding carboxylic acids is 2. The first-order valence-corrected chi connectivity index (χ1v) is 10.4. The van der Waals surface area contributed by atoms with Crippen molar-refractivity contribution in [2.75, 3.05) is 36.8 Å². The van der Waals surface area contributed by atoms with Crippen molar-refractivity contribution in [3.8, 4) is 0 Å². The normalized spacial score (nSPS) is 14.3. The van der Waals surface area contributed by atoms with Crippen molar-refractivity contribution in [2.24, 2.45) is 0 Å². The first kappa shape index (κ1) is 19.9. The Morgan fingerprint density at radius 1 is 1.11 bits per heavy atom. The number of nitrogens with zero attached hydrogens (tertiary/aromatic N) is 2. The molecule has 4 nitrogen and oxygen atoms in total. The number of rotatable bonds is 5. The minimum Gasteiger partial charge on any atom is -0.366 e. The van der Waals surface area contributed by atoms with E-state index in [1.54, 1.807) is 12.1 Å². The summed E-state index contributed by atoms with van der Waals surface area (Å²) in [5.74, 6) is -0.0727. The molecule has 0 radical (unpaired) electrons. The molecule has 2 aromatic carbocycles. The number of hydrogen-bond donors (Lipinski definition) is 0. The first-order chi connectivity index (χ1) is 12.9. The molecule has 1 fully saturated rings. The lowest BCUT2D eigenvalue weighted by Gasteiger charge is -2.36. The number of carbonyl (C=O) groups is 2. The van der Waals surface area contributed by atoms with Gasteiger partial charge in [-0.3, -0.25) is 9.59 Å². The van der Waals surface area contributed by atoms with Crippen LogP contribution in [0.25, 0.3) is 0 Å². The fourth-order valence-electron chi connectivity index (χ4n) is 2.97. The highest BCUT2D eigenvalue weighted by molar-refractivity contribution is 9.10. The summed E-state index contributed by atoms with van der Waals surface area (Å²) in [6, 6.07) is 12.4. The van der Waals surface area contributed by atoms with Crippen LogP contribution in [0.3, 0.4) is 0 Å². The lowest BCUT2D eigenvalue weighted by Crippen LogP contribution is -2.49. The minimum atomic E-state index is -0.396. The number of ketones is 1. The third-order valence-corrected chi connectivity index (χ3v) is 5.96. The molecule has 0 aromatic heterocycles. The summed E-state index contributed by atoms with van der Waals surface area (Å²) in [5.41, 5.74) is 0.852. The molecular formula is C20H20BrFN2O2S. The van der Waals surface area contributed by atoms with Crippen molar-refractivity contribution in [1.82, 2.24) is 4.90 Å². The molecule has 3 rings (SSSR count). The Labute approximate surface area is 170 Å². The molecule has 0 N–H and O–H groups in total. The highest BCUT2D eigenvalue weighted by Crippen LogP contribution is 2.24. The van der Waals surface area contributed by atoms with Gasteiger partial charge < -0.3 is 9.80 Å². The number of halogens is 2. The van der Waals surface area contributed by atoms with E-state index in [2.05, 4.69) is 15.9 Å². The van der Waals surface area contributed by atoms with Gasteiger partial charge in [-0.1, -0.05) is 22.0 Å². The van der Waals surface area contributed by atoms with Crippen LogP contribution in [0.1, 0.15) is 17.3 Å². The number of thioether (sulfide) groups is 1. The molecular weight excluding hydrogens is 431 g/mol. The lowest BCUT2D eigenvalue weighted by atomic mass is 10.1. The number of Topliss-reactive ketones (excluding diaryl/α,β-unsaturated/α-hetero) is 1. The fraction of sp³-hybridized carbons (Fsp3) is 0.300. The average Bonchev–Trinajstić information content (AvgIpc) is 2.66. The van der Waals surface area contributed by atoms with Crippen LogP contribution in [-0.2, 0) is 4.79 Å². The maximum Gasteiger partial charge on any atom is 0.233 e. The van der Waals surface area contributed by atoms with Gasteiger partial charge in [0, 0.05) is 41.1 Å². The smallest absolute Gasteiger partial charge is 0.233 e. The van der Waals surface area contributed by atoms with Gasteiger partial charge in [0.15, 0.2) is 5.78 Å². The van der Waals surface area contributed by atoms with E-state index in [0.717, 1.165) is 9.37 Å². The number of amides is 1. The van der Waals surface area contributed by atoms with Gasteiger partial charge in [-0.2, -0.15) is 0 Å². The molecule has 1 aliphatic heterocycles. The zero-order valence-corrected chi connectivity index (χ0v) is 17.4. The third kappa shape index (κ3) is 5.11. The van der Waals surface area contributed by atoms with Crippen LogP contribution in [-0.4, -0.2) is 48.5 Å². The molecule has 142 valence electrons. The van der Waals surface area contributed by atoms with Crippen LogP contribution >= 0.6 is 27.7 Å². The van der Waals surface area contributed by atoms with Crippen molar-refractivity contribution in [3.05, 3.63) is 58.3 Å². The summed E-state index contributed by atoms with van der Waals surface area (Å²) in [7, 11) is 0. The van der Waals surface area contributed by atoms with Crippen LogP contribution in [0.2, 0.25) is 0 Å². The second-order valence-electron chi connectivity index (χ2n) is 6.34. The number of anilines is 1. The van der Waals surface area contributed by atoms with Crippen LogP contribution in [0.15, 0.2) is 51.8 Å². The van der Waals surface area contributed by atoms with Crippen molar-refractivity contribution < 1.29 is 14.0 Å². The molecule has 1 heterocycles. The summed E-state index contributed by atoms with van der Waals surface area (Å²) in [6.45, 7) is 3.69. The van der Waals surface area contributed by atoms with Crippen LogP contribution in [0.4, 0.5) is 10.1 Å². The Morgan fingerprint density at radius 2 is 1.85 bits per heavy atom. The average molecular weight is 451 g/mol. The molecule has 0 aliphatic carbocycles. The quantitative estimate of drug-likeness (QED) is 0.504. The van der Waals surface area contributed by atoms with Gasteiger partial charge in [-0.05, 0) is 43.3 Å². The Bertz CT molecular complexity index is 854. The van der Waals surface area contributed by atoms with E-state index in [9.17, 15) is 14.0 Å². The number of benzene rings is 2. The van der Waals surface area contributed by atoms with Crippen molar-refractivity contribution in [2.45, 2.75) is 11.8 Å². The van der Waals surface area contributed by atoms with Gasteiger partial charge in [0.25, 0.3) is 0 Å². The van der Waals surface area contributed by atoms with E-state index in [4.69, 9.17) is 0 Å². The maximum absolute atomic E-state index is 14.3. The van der Waals surface area contributed by atoms with Crippen molar-refractivity contribution in [3.63, 3.8) is 0 Å². The van der Waals surface area contributed by atoms with E-state index in [1.807, 2.05) is 34.1 Å². The minimum absolute atomic E-state index is 0.0898. The Balaban J connectivity index is 1.54. The zero-order valence-electron chi connectivity index (χ0n) is 15.0. The molecule has 1 amide bonds. The number of hydrogen-bond acceptors (Lipinski definition) is 4. The standard InChI is InChI=1S/C20H20BrFN2O2S/c1-14(25)15-5-6-19(18(22)11-15)23-7-9-24(10-8-23)20(26)13-27-17-4-2-3-16(21)12-17/h2-6,11-12H,7-10,13H2,1H3. The molecule has 0 bridgehead atoms. The maximum atomic E-state index is 14.3. The largest absolute Gasteiger partial charge is 0.366 e. The van der Waals surface area contributed by atoms with Gasteiger partial charge in [0.1, 0.15) is 5.82 Å². The summed E-state index contributed by atoms with van der Waals surface area (Å²) in [4.78, 5) is 28.6. The van der Waals surface area contributed by atoms with Gasteiger partial charge in [0.2, 0.25) is 5.91 Å². The van der Waals surface area contributed by atoms with Gasteiger partial charge in [-0.25, -0.2) is 4.39 Å². The summed E-state index contributed by atoms with van der Waals surface area (Å²) in [5, 5.41) is 0. The fourth-order valence-corrected chi connectivity index (χ4v) is 4.38. The Kier molecular flexibility index (Phi) is 6.55. The Hall–Kier alpha value is -1.86. The van der Waals surface area contributed by atoms with Gasteiger partial charge in [0.05, 0.1) is 11.4 Å². The van der Waals surface area contributed by atoms with Crippen LogP contribution in [0, 0.1) is 5.82 Å². The highest BCUT2D eigenvalue weighted by atomic mass is 79.9. The highest BCUT2D eigenvalue weighted by Gasteiger charge is 2.23. The molecule has 1 saturated heterocycles.